The fourth-order valence-corrected chi connectivity index (χ4v) is 0.532. The molecule has 1 heterocycles. The van der Waals surface area contributed by atoms with Crippen LogP contribution in [-0.4, -0.2) is 15.8 Å². The van der Waals surface area contributed by atoms with E-state index in [2.05, 4.69) is 0 Å². The van der Waals surface area contributed by atoms with Crippen molar-refractivity contribution in [2.45, 2.75) is 0 Å². The van der Waals surface area contributed by atoms with Gasteiger partial charge in [0.25, 0.3) is 0 Å². The summed E-state index contributed by atoms with van der Waals surface area (Å²) in [4.78, 5) is 10.1. The zero-order valence-electron chi connectivity index (χ0n) is 4.52. The fraction of sp³-hybridized carbons (Fsp3) is 0. The van der Waals surface area contributed by atoms with Crippen LogP contribution in [0, 0.1) is 5.21 Å². The van der Waals surface area contributed by atoms with Crippen LogP contribution in [0.25, 0.3) is 0 Å². The summed E-state index contributed by atoms with van der Waals surface area (Å²) in [6.45, 7) is 0. The van der Waals surface area contributed by atoms with Crippen LogP contribution in [0.3, 0.4) is 0 Å². The highest BCUT2D eigenvalue weighted by molar-refractivity contribution is 5.59. The summed E-state index contributed by atoms with van der Waals surface area (Å²) in [5.41, 5.74) is 0. The molecule has 0 radical (unpaired) electrons. The Morgan fingerprint density at radius 2 is 1.89 bits per heavy atom. The number of carboxylic acid groups (broad SMARTS) is 1. The molecule has 0 aromatic heterocycles. The van der Waals surface area contributed by atoms with E-state index in [-0.39, 0.29) is 0 Å². The predicted molar refractivity (Wildman–Crippen MR) is 29.9 cm³/mol. The first-order valence-electron chi connectivity index (χ1n) is 2.35. The SMILES string of the molecule is O=C(O)[N+]1([O-])C=CC=C1. The lowest BCUT2D eigenvalue weighted by molar-refractivity contribution is -0.691. The number of hydroxylamine groups is 3. The largest absolute Gasteiger partial charge is 0.612 e. The van der Waals surface area contributed by atoms with Crippen molar-refractivity contribution in [1.29, 1.82) is 0 Å². The molecule has 0 unspecified atom stereocenters. The van der Waals surface area contributed by atoms with Crippen LogP contribution in [0.15, 0.2) is 24.6 Å². The molecule has 0 fully saturated rings. The Morgan fingerprint density at radius 3 is 2.11 bits per heavy atom. The van der Waals surface area contributed by atoms with Gasteiger partial charge in [0.05, 0.1) is 0 Å². The van der Waals surface area contributed by atoms with Gasteiger partial charge in [-0.05, 0) is 12.2 Å². The van der Waals surface area contributed by atoms with Gasteiger partial charge in [0.1, 0.15) is 12.4 Å². The number of amides is 1. The van der Waals surface area contributed by atoms with E-state index in [1.54, 1.807) is 0 Å². The summed E-state index contributed by atoms with van der Waals surface area (Å²) in [6.07, 6.45) is 3.48. The summed E-state index contributed by atoms with van der Waals surface area (Å²) >= 11 is 0. The minimum absolute atomic E-state index is 1.04. The van der Waals surface area contributed by atoms with E-state index in [4.69, 9.17) is 5.11 Å². The second-order valence-electron chi connectivity index (χ2n) is 1.67. The standard InChI is InChI=1S/C5H5NO3/c7-5(8)6(9)3-1-2-4-6/h1-4H,(H,7,8). The number of hydrogen-bond donors (Lipinski definition) is 1. The van der Waals surface area contributed by atoms with Crippen LogP contribution in [0.1, 0.15) is 0 Å². The second-order valence-corrected chi connectivity index (χ2v) is 1.67. The summed E-state index contributed by atoms with van der Waals surface area (Å²) in [6, 6.07) is 0. The second kappa shape index (κ2) is 1.68. The Labute approximate surface area is 51.5 Å². The average molecular weight is 127 g/mol. The van der Waals surface area contributed by atoms with Crippen molar-refractivity contribution in [3.8, 4) is 0 Å². The Morgan fingerprint density at radius 1 is 1.44 bits per heavy atom. The van der Waals surface area contributed by atoms with Gasteiger partial charge in [0, 0.05) is 0 Å². The zero-order chi connectivity index (χ0) is 6.91. The third-order valence-corrected chi connectivity index (χ3v) is 1.03. The Balaban J connectivity index is 2.88. The number of carbonyl (C=O) groups is 1. The summed E-state index contributed by atoms with van der Waals surface area (Å²) in [5, 5.41) is 19.0. The molecule has 4 nitrogen and oxygen atoms in total. The van der Waals surface area contributed by atoms with E-state index < -0.39 is 10.7 Å². The van der Waals surface area contributed by atoms with Crippen LogP contribution >= 0.6 is 0 Å². The van der Waals surface area contributed by atoms with Gasteiger partial charge in [-0.25, -0.2) is 4.65 Å². The van der Waals surface area contributed by atoms with E-state index in [0.29, 0.717) is 0 Å². The minimum atomic E-state index is -1.42. The van der Waals surface area contributed by atoms with E-state index in [1.165, 1.54) is 12.2 Å². The molecule has 48 valence electrons. The maximum absolute atomic E-state index is 10.8. The quantitative estimate of drug-likeness (QED) is 0.390. The molecule has 0 aromatic rings. The monoisotopic (exact) mass is 127 g/mol. The average Bonchev–Trinajstić information content (AvgIpc) is 2.16. The smallest absolute Gasteiger partial charge is 0.523 e. The first-order valence-corrected chi connectivity index (χ1v) is 2.35. The molecule has 0 atom stereocenters. The van der Waals surface area contributed by atoms with Crippen molar-refractivity contribution in [3.63, 3.8) is 0 Å². The normalized spacial score (nSPS) is 20.6. The van der Waals surface area contributed by atoms with Crippen molar-refractivity contribution in [2.75, 3.05) is 0 Å². The van der Waals surface area contributed by atoms with Crippen LogP contribution in [0.4, 0.5) is 4.79 Å². The maximum Gasteiger partial charge on any atom is 0.523 e. The molecule has 0 saturated heterocycles. The van der Waals surface area contributed by atoms with Gasteiger partial charge < -0.3 is 10.3 Å². The number of rotatable bonds is 0. The molecule has 1 amide bonds. The lowest BCUT2D eigenvalue weighted by Crippen LogP contribution is -2.33. The van der Waals surface area contributed by atoms with Gasteiger partial charge >= 0.3 is 6.09 Å². The Kier molecular flexibility index (Phi) is 1.12. The summed E-state index contributed by atoms with van der Waals surface area (Å²) in [5.74, 6) is 0. The molecule has 0 aromatic carbocycles. The van der Waals surface area contributed by atoms with Gasteiger partial charge in [-0.2, -0.15) is 4.79 Å². The maximum atomic E-state index is 10.8. The molecule has 0 spiro atoms. The number of allylic oxidation sites excluding steroid dienone is 2. The third kappa shape index (κ3) is 0.847. The van der Waals surface area contributed by atoms with Crippen molar-refractivity contribution in [2.24, 2.45) is 0 Å². The molecule has 0 bridgehead atoms. The van der Waals surface area contributed by atoms with Gasteiger partial charge in [-0.3, -0.25) is 0 Å². The van der Waals surface area contributed by atoms with E-state index in [1.807, 2.05) is 0 Å². The van der Waals surface area contributed by atoms with Crippen LogP contribution in [-0.2, 0) is 0 Å². The van der Waals surface area contributed by atoms with Crippen molar-refractivity contribution < 1.29 is 14.5 Å². The molecule has 0 aliphatic carbocycles. The zero-order valence-corrected chi connectivity index (χ0v) is 4.52. The van der Waals surface area contributed by atoms with Gasteiger partial charge in [0.2, 0.25) is 0 Å². The highest BCUT2D eigenvalue weighted by Crippen LogP contribution is 2.12. The topological polar surface area (TPSA) is 60.4 Å². The first kappa shape index (κ1) is 6.00. The lowest BCUT2D eigenvalue weighted by atomic mass is 10.6. The molecule has 0 saturated carbocycles. The van der Waals surface area contributed by atoms with Crippen molar-refractivity contribution in [1.82, 2.24) is 0 Å². The van der Waals surface area contributed by atoms with E-state index >= 15 is 0 Å². The van der Waals surface area contributed by atoms with Crippen LogP contribution in [0.2, 0.25) is 0 Å². The molecule has 9 heavy (non-hydrogen) atoms. The van der Waals surface area contributed by atoms with E-state index in [9.17, 15) is 10.0 Å². The molecule has 4 heteroatoms. The number of quaternary nitrogens is 1. The highest BCUT2D eigenvalue weighted by Gasteiger charge is 2.22. The van der Waals surface area contributed by atoms with Gasteiger partial charge in [0.15, 0.2) is 0 Å². The minimum Gasteiger partial charge on any atom is -0.612 e. The van der Waals surface area contributed by atoms with Crippen LogP contribution < -0.4 is 0 Å². The van der Waals surface area contributed by atoms with Crippen molar-refractivity contribution in [3.05, 3.63) is 29.8 Å². The Bertz CT molecular complexity index is 182. The van der Waals surface area contributed by atoms with E-state index in [0.717, 1.165) is 12.4 Å². The van der Waals surface area contributed by atoms with Crippen LogP contribution in [0.5, 0.6) is 0 Å². The molecule has 1 N–H and O–H groups in total. The first-order chi connectivity index (χ1) is 4.15. The molecule has 1 rings (SSSR count). The third-order valence-electron chi connectivity index (χ3n) is 1.03. The van der Waals surface area contributed by atoms with Crippen molar-refractivity contribution >= 4 is 6.09 Å². The molecule has 1 aliphatic heterocycles. The molecular weight excluding hydrogens is 122 g/mol. The summed E-state index contributed by atoms with van der Waals surface area (Å²) in [7, 11) is 0. The number of hydrogen-bond acceptors (Lipinski definition) is 2. The fourth-order valence-electron chi connectivity index (χ4n) is 0.532. The number of nitrogens with zero attached hydrogens (tertiary/aromatic N) is 1. The van der Waals surface area contributed by atoms with Gasteiger partial charge in [-0.15, -0.1) is 0 Å². The lowest BCUT2D eigenvalue weighted by Gasteiger charge is -2.24. The Hall–Kier alpha value is -1.13. The predicted octanol–water partition coefficient (Wildman–Crippen LogP) is 1.02. The molecule has 1 aliphatic rings. The van der Waals surface area contributed by atoms with Gasteiger partial charge in [-0.1, -0.05) is 0 Å². The molecular formula is C5H5NO3. The highest BCUT2D eigenvalue weighted by atomic mass is 16.6. The summed E-state index contributed by atoms with van der Waals surface area (Å²) < 4.78 is -1.39.